The fourth-order valence-corrected chi connectivity index (χ4v) is 2.45. The highest BCUT2D eigenvalue weighted by Gasteiger charge is 2.17. The van der Waals surface area contributed by atoms with Crippen molar-refractivity contribution in [3.05, 3.63) is 35.4 Å². The van der Waals surface area contributed by atoms with Crippen molar-refractivity contribution in [2.75, 3.05) is 32.8 Å². The van der Waals surface area contributed by atoms with Crippen molar-refractivity contribution >= 4 is 5.91 Å². The average molecular weight is 276 g/mol. The predicted octanol–water partition coefficient (Wildman–Crippen LogP) is 1.37. The van der Waals surface area contributed by atoms with Crippen molar-refractivity contribution in [1.82, 2.24) is 10.2 Å². The van der Waals surface area contributed by atoms with E-state index in [0.717, 1.165) is 31.9 Å². The van der Waals surface area contributed by atoms with Gasteiger partial charge in [0.25, 0.3) is 0 Å². The topological polar surface area (TPSA) is 41.6 Å². The summed E-state index contributed by atoms with van der Waals surface area (Å²) in [7, 11) is 0. The van der Waals surface area contributed by atoms with Gasteiger partial charge in [-0.05, 0) is 25.0 Å². The molecule has 0 aliphatic carbocycles. The van der Waals surface area contributed by atoms with Crippen LogP contribution in [0.5, 0.6) is 0 Å². The molecular formula is C16H24N2O2. The molecule has 1 N–H and O–H groups in total. The standard InChI is InChI=1S/C16H24N2O2/c1-13-5-3-4-6-15(13)11-16(19)17-12-14(2)18-7-9-20-10-8-18/h3-6,14H,7-12H2,1-2H3,(H,17,19). The molecule has 0 saturated carbocycles. The van der Waals surface area contributed by atoms with Crippen molar-refractivity contribution in [1.29, 1.82) is 0 Å². The monoisotopic (exact) mass is 276 g/mol. The summed E-state index contributed by atoms with van der Waals surface area (Å²) in [5.41, 5.74) is 2.27. The lowest BCUT2D eigenvalue weighted by Crippen LogP contribution is -2.47. The molecule has 1 saturated heterocycles. The van der Waals surface area contributed by atoms with Gasteiger partial charge in [-0.2, -0.15) is 0 Å². The van der Waals surface area contributed by atoms with Crippen LogP contribution in [0.3, 0.4) is 0 Å². The van der Waals surface area contributed by atoms with Crippen LogP contribution in [-0.4, -0.2) is 49.7 Å². The van der Waals surface area contributed by atoms with E-state index < -0.39 is 0 Å². The molecule has 1 aliphatic rings. The first-order chi connectivity index (χ1) is 9.66. The first kappa shape index (κ1) is 15.0. The second-order valence-electron chi connectivity index (χ2n) is 5.40. The van der Waals surface area contributed by atoms with Crippen molar-refractivity contribution in [3.8, 4) is 0 Å². The fourth-order valence-electron chi connectivity index (χ4n) is 2.45. The van der Waals surface area contributed by atoms with Gasteiger partial charge in [-0.3, -0.25) is 9.69 Å². The zero-order chi connectivity index (χ0) is 14.4. The molecule has 1 aromatic rings. The van der Waals surface area contributed by atoms with Crippen molar-refractivity contribution in [3.63, 3.8) is 0 Å². The fraction of sp³-hybridized carbons (Fsp3) is 0.562. The van der Waals surface area contributed by atoms with Gasteiger partial charge in [0.2, 0.25) is 5.91 Å². The third-order valence-corrected chi connectivity index (χ3v) is 3.88. The molecule has 1 amide bonds. The number of ether oxygens (including phenoxy) is 1. The highest BCUT2D eigenvalue weighted by molar-refractivity contribution is 5.78. The Morgan fingerprint density at radius 3 is 2.75 bits per heavy atom. The van der Waals surface area contributed by atoms with Gasteiger partial charge in [0.05, 0.1) is 19.6 Å². The lowest BCUT2D eigenvalue weighted by atomic mass is 10.1. The Balaban J connectivity index is 1.76. The van der Waals surface area contributed by atoms with Gasteiger partial charge in [-0.25, -0.2) is 0 Å². The number of amides is 1. The van der Waals surface area contributed by atoms with E-state index in [9.17, 15) is 4.79 Å². The Hall–Kier alpha value is -1.39. The Bertz CT molecular complexity index is 442. The molecule has 2 rings (SSSR count). The van der Waals surface area contributed by atoms with E-state index in [-0.39, 0.29) is 5.91 Å². The summed E-state index contributed by atoms with van der Waals surface area (Å²) < 4.78 is 5.34. The number of benzene rings is 1. The largest absolute Gasteiger partial charge is 0.379 e. The summed E-state index contributed by atoms with van der Waals surface area (Å²) in [6.45, 7) is 8.38. The second-order valence-corrected chi connectivity index (χ2v) is 5.40. The average Bonchev–Trinajstić information content (AvgIpc) is 2.48. The van der Waals surface area contributed by atoms with E-state index >= 15 is 0 Å². The lowest BCUT2D eigenvalue weighted by Gasteiger charge is -2.32. The Labute approximate surface area is 121 Å². The molecule has 20 heavy (non-hydrogen) atoms. The van der Waals surface area contributed by atoms with Crippen molar-refractivity contribution < 1.29 is 9.53 Å². The van der Waals surface area contributed by atoms with Crippen LogP contribution in [0.25, 0.3) is 0 Å². The number of hydrogen-bond acceptors (Lipinski definition) is 3. The minimum Gasteiger partial charge on any atom is -0.379 e. The van der Waals surface area contributed by atoms with Crippen LogP contribution < -0.4 is 5.32 Å². The van der Waals surface area contributed by atoms with Gasteiger partial charge < -0.3 is 10.1 Å². The number of carbonyl (C=O) groups is 1. The molecule has 0 bridgehead atoms. The number of nitrogens with zero attached hydrogens (tertiary/aromatic N) is 1. The Morgan fingerprint density at radius 1 is 1.35 bits per heavy atom. The summed E-state index contributed by atoms with van der Waals surface area (Å²) in [4.78, 5) is 14.4. The number of morpholine rings is 1. The van der Waals surface area contributed by atoms with Crippen LogP contribution in [0.2, 0.25) is 0 Å². The maximum Gasteiger partial charge on any atom is 0.224 e. The summed E-state index contributed by atoms with van der Waals surface area (Å²) >= 11 is 0. The molecule has 1 aliphatic heterocycles. The smallest absolute Gasteiger partial charge is 0.224 e. The molecule has 1 heterocycles. The Morgan fingerprint density at radius 2 is 2.05 bits per heavy atom. The first-order valence-electron chi connectivity index (χ1n) is 7.30. The molecule has 1 fully saturated rings. The van der Waals surface area contributed by atoms with E-state index in [1.54, 1.807) is 0 Å². The summed E-state index contributed by atoms with van der Waals surface area (Å²) in [6.07, 6.45) is 0.461. The maximum absolute atomic E-state index is 12.0. The maximum atomic E-state index is 12.0. The highest BCUT2D eigenvalue weighted by atomic mass is 16.5. The van der Waals surface area contributed by atoms with Crippen molar-refractivity contribution in [2.24, 2.45) is 0 Å². The van der Waals surface area contributed by atoms with Gasteiger partial charge in [0.1, 0.15) is 0 Å². The van der Waals surface area contributed by atoms with Crippen LogP contribution >= 0.6 is 0 Å². The second kappa shape index (κ2) is 7.41. The molecule has 0 radical (unpaired) electrons. The van der Waals surface area contributed by atoms with Crippen LogP contribution in [0.1, 0.15) is 18.1 Å². The minimum atomic E-state index is 0.0967. The van der Waals surface area contributed by atoms with Gasteiger partial charge in [-0.1, -0.05) is 24.3 Å². The van der Waals surface area contributed by atoms with Gasteiger partial charge in [-0.15, -0.1) is 0 Å². The minimum absolute atomic E-state index is 0.0967. The molecule has 110 valence electrons. The quantitative estimate of drug-likeness (QED) is 0.883. The highest BCUT2D eigenvalue weighted by Crippen LogP contribution is 2.08. The normalized spacial score (nSPS) is 17.7. The van der Waals surface area contributed by atoms with E-state index in [1.807, 2.05) is 31.2 Å². The van der Waals surface area contributed by atoms with Crippen molar-refractivity contribution in [2.45, 2.75) is 26.3 Å². The van der Waals surface area contributed by atoms with Crippen LogP contribution in [0.15, 0.2) is 24.3 Å². The Kier molecular flexibility index (Phi) is 5.56. The molecular weight excluding hydrogens is 252 g/mol. The van der Waals surface area contributed by atoms with Gasteiger partial charge in [0, 0.05) is 25.7 Å². The summed E-state index contributed by atoms with van der Waals surface area (Å²) in [6, 6.07) is 8.39. The van der Waals surface area contributed by atoms with E-state index in [1.165, 1.54) is 5.56 Å². The third kappa shape index (κ3) is 4.32. The third-order valence-electron chi connectivity index (χ3n) is 3.88. The van der Waals surface area contributed by atoms with Crippen LogP contribution in [0, 0.1) is 6.92 Å². The molecule has 1 atom stereocenters. The van der Waals surface area contributed by atoms with Crippen LogP contribution in [-0.2, 0) is 16.0 Å². The van der Waals surface area contributed by atoms with E-state index in [4.69, 9.17) is 4.74 Å². The number of nitrogens with one attached hydrogen (secondary N) is 1. The SMILES string of the molecule is Cc1ccccc1CC(=O)NCC(C)N1CCOCC1. The number of hydrogen-bond donors (Lipinski definition) is 1. The van der Waals surface area contributed by atoms with Gasteiger partial charge in [0.15, 0.2) is 0 Å². The number of rotatable bonds is 5. The van der Waals surface area contributed by atoms with Crippen LogP contribution in [0.4, 0.5) is 0 Å². The zero-order valence-corrected chi connectivity index (χ0v) is 12.4. The lowest BCUT2D eigenvalue weighted by molar-refractivity contribution is -0.120. The summed E-state index contributed by atoms with van der Waals surface area (Å²) in [5, 5.41) is 3.03. The van der Waals surface area contributed by atoms with E-state index in [2.05, 4.69) is 17.1 Å². The molecule has 0 aromatic heterocycles. The van der Waals surface area contributed by atoms with Gasteiger partial charge >= 0.3 is 0 Å². The number of carbonyl (C=O) groups excluding carboxylic acids is 1. The molecule has 0 spiro atoms. The molecule has 1 unspecified atom stereocenters. The predicted molar refractivity (Wildman–Crippen MR) is 79.7 cm³/mol. The number of aryl methyl sites for hydroxylation is 1. The summed E-state index contributed by atoms with van der Waals surface area (Å²) in [5.74, 6) is 0.0967. The first-order valence-corrected chi connectivity index (χ1v) is 7.30. The van der Waals surface area contributed by atoms with E-state index in [0.29, 0.717) is 19.0 Å². The zero-order valence-electron chi connectivity index (χ0n) is 12.4. The molecule has 1 aromatic carbocycles. The molecule has 4 nitrogen and oxygen atoms in total. The molecule has 4 heteroatoms.